The summed E-state index contributed by atoms with van der Waals surface area (Å²) in [5.41, 5.74) is 4.65. The number of aryl methyl sites for hydroxylation is 3. The summed E-state index contributed by atoms with van der Waals surface area (Å²) in [4.78, 5) is 20.4. The van der Waals surface area contributed by atoms with Crippen molar-refractivity contribution < 1.29 is 0 Å². The minimum Gasteiger partial charge on any atom is -0.349 e. The van der Waals surface area contributed by atoms with Gasteiger partial charge in [-0.05, 0) is 31.0 Å². The van der Waals surface area contributed by atoms with E-state index in [0.29, 0.717) is 12.1 Å². The Labute approximate surface area is 133 Å². The minimum absolute atomic E-state index is 0.0141. The van der Waals surface area contributed by atoms with E-state index in [4.69, 9.17) is 0 Å². The first-order valence-electron chi connectivity index (χ1n) is 7.74. The maximum atomic E-state index is 12.7. The van der Waals surface area contributed by atoms with Gasteiger partial charge in [0.2, 0.25) is 0 Å². The molecule has 0 saturated carbocycles. The van der Waals surface area contributed by atoms with Crippen LogP contribution < -0.4 is 5.56 Å². The number of aromatic amines is 1. The van der Waals surface area contributed by atoms with Crippen molar-refractivity contribution in [2.24, 2.45) is 0 Å². The molecule has 4 nitrogen and oxygen atoms in total. The molecule has 4 heteroatoms. The normalized spacial score (nSPS) is 11.3. The van der Waals surface area contributed by atoms with E-state index < -0.39 is 0 Å². The topological polar surface area (TPSA) is 50.7 Å². The summed E-state index contributed by atoms with van der Waals surface area (Å²) in [7, 11) is 0. The summed E-state index contributed by atoms with van der Waals surface area (Å²) >= 11 is 0. The third-order valence-electron chi connectivity index (χ3n) is 4.21. The second-order valence-corrected chi connectivity index (χ2v) is 5.88. The first-order valence-corrected chi connectivity index (χ1v) is 7.74. The van der Waals surface area contributed by atoms with Gasteiger partial charge < -0.3 is 4.98 Å². The highest BCUT2D eigenvalue weighted by molar-refractivity contribution is 6.04. The second kappa shape index (κ2) is 5.39. The summed E-state index contributed by atoms with van der Waals surface area (Å²) in [6.45, 7) is 2.67. The van der Waals surface area contributed by atoms with E-state index in [2.05, 4.69) is 28.2 Å². The molecule has 2 aromatic carbocycles. The van der Waals surface area contributed by atoms with E-state index in [-0.39, 0.29) is 5.56 Å². The number of hydrogen-bond acceptors (Lipinski definition) is 2. The van der Waals surface area contributed by atoms with Gasteiger partial charge in [-0.15, -0.1) is 0 Å². The summed E-state index contributed by atoms with van der Waals surface area (Å²) in [6.07, 6.45) is 2.47. The number of hydrogen-bond donors (Lipinski definition) is 1. The van der Waals surface area contributed by atoms with Crippen molar-refractivity contribution in [2.75, 3.05) is 0 Å². The molecule has 0 radical (unpaired) electrons. The fourth-order valence-corrected chi connectivity index (χ4v) is 2.96. The zero-order valence-electron chi connectivity index (χ0n) is 12.9. The number of nitrogens with zero attached hydrogens (tertiary/aromatic N) is 2. The Morgan fingerprint density at radius 3 is 2.78 bits per heavy atom. The number of aromatic nitrogens is 3. The quantitative estimate of drug-likeness (QED) is 0.630. The van der Waals surface area contributed by atoms with Crippen LogP contribution in [0.25, 0.3) is 21.9 Å². The first kappa shape index (κ1) is 13.8. The van der Waals surface area contributed by atoms with Gasteiger partial charge in [0.15, 0.2) is 0 Å². The molecule has 0 aliphatic carbocycles. The summed E-state index contributed by atoms with van der Waals surface area (Å²) in [5, 5.41) is 1.01. The van der Waals surface area contributed by atoms with E-state index in [1.54, 1.807) is 10.9 Å². The molecule has 0 aliphatic rings. The molecular formula is C19H17N3O. The number of benzene rings is 2. The molecule has 2 heterocycles. The lowest BCUT2D eigenvalue weighted by Crippen LogP contribution is -2.21. The summed E-state index contributed by atoms with van der Waals surface area (Å²) < 4.78 is 1.68. The standard InChI is InChI=1S/C19H17N3O/c1-13-7-8-16-15(11-13)17-18(21-16)19(23)22(12-20-17)10-9-14-5-3-2-4-6-14/h2-8,11-12,21H,9-10H2,1H3. The third kappa shape index (κ3) is 2.42. The molecule has 0 saturated heterocycles. The molecule has 1 N–H and O–H groups in total. The number of H-pyrrole nitrogens is 1. The molecule has 4 aromatic rings. The monoisotopic (exact) mass is 303 g/mol. The smallest absolute Gasteiger partial charge is 0.277 e. The molecule has 0 aliphatic heterocycles. The number of nitrogens with one attached hydrogen (secondary N) is 1. The van der Waals surface area contributed by atoms with Crippen LogP contribution in [0.4, 0.5) is 0 Å². The lowest BCUT2D eigenvalue weighted by Gasteiger charge is -2.05. The van der Waals surface area contributed by atoms with Crippen LogP contribution in [0.1, 0.15) is 11.1 Å². The Kier molecular flexibility index (Phi) is 3.23. The van der Waals surface area contributed by atoms with Crippen LogP contribution in [0, 0.1) is 6.92 Å². The highest BCUT2D eigenvalue weighted by Crippen LogP contribution is 2.22. The van der Waals surface area contributed by atoms with E-state index in [1.165, 1.54) is 5.56 Å². The van der Waals surface area contributed by atoms with Gasteiger partial charge in [-0.2, -0.15) is 0 Å². The molecule has 0 spiro atoms. The molecule has 23 heavy (non-hydrogen) atoms. The third-order valence-corrected chi connectivity index (χ3v) is 4.21. The SMILES string of the molecule is Cc1ccc2[nH]c3c(=O)n(CCc4ccccc4)cnc3c2c1. The van der Waals surface area contributed by atoms with Crippen LogP contribution in [-0.4, -0.2) is 14.5 Å². The number of rotatable bonds is 3. The molecular weight excluding hydrogens is 286 g/mol. The largest absolute Gasteiger partial charge is 0.349 e. The van der Waals surface area contributed by atoms with Crippen LogP contribution >= 0.6 is 0 Å². The molecule has 4 rings (SSSR count). The molecule has 0 atom stereocenters. The van der Waals surface area contributed by atoms with Gasteiger partial charge in [-0.3, -0.25) is 9.36 Å². The predicted octanol–water partition coefficient (Wildman–Crippen LogP) is 3.43. The Morgan fingerprint density at radius 1 is 1.13 bits per heavy atom. The fraction of sp³-hybridized carbons (Fsp3) is 0.158. The van der Waals surface area contributed by atoms with Gasteiger partial charge in [0.05, 0.1) is 6.33 Å². The average Bonchev–Trinajstić information content (AvgIpc) is 2.94. The van der Waals surface area contributed by atoms with Crippen LogP contribution in [-0.2, 0) is 13.0 Å². The van der Waals surface area contributed by atoms with Crippen LogP contribution in [0.5, 0.6) is 0 Å². The first-order chi connectivity index (χ1) is 11.2. The highest BCUT2D eigenvalue weighted by Gasteiger charge is 2.10. The maximum absolute atomic E-state index is 12.7. The van der Waals surface area contributed by atoms with Crippen molar-refractivity contribution >= 4 is 21.9 Å². The summed E-state index contributed by atoms with van der Waals surface area (Å²) in [5.74, 6) is 0. The molecule has 2 aromatic heterocycles. The molecule has 0 unspecified atom stereocenters. The van der Waals surface area contributed by atoms with Crippen molar-refractivity contribution in [3.8, 4) is 0 Å². The number of fused-ring (bicyclic) bond motifs is 3. The molecule has 0 bridgehead atoms. The van der Waals surface area contributed by atoms with E-state index in [9.17, 15) is 4.79 Å². The predicted molar refractivity (Wildman–Crippen MR) is 92.7 cm³/mol. The van der Waals surface area contributed by atoms with Crippen LogP contribution in [0.2, 0.25) is 0 Å². The van der Waals surface area contributed by atoms with Crippen molar-refractivity contribution in [2.45, 2.75) is 19.9 Å². The minimum atomic E-state index is -0.0141. The Bertz CT molecular complexity index is 1040. The Hall–Kier alpha value is -2.88. The Balaban J connectivity index is 1.76. The van der Waals surface area contributed by atoms with Crippen molar-refractivity contribution in [3.05, 3.63) is 76.3 Å². The maximum Gasteiger partial charge on any atom is 0.277 e. The molecule has 0 amide bonds. The Morgan fingerprint density at radius 2 is 1.96 bits per heavy atom. The van der Waals surface area contributed by atoms with Gasteiger partial charge >= 0.3 is 0 Å². The zero-order valence-corrected chi connectivity index (χ0v) is 12.9. The van der Waals surface area contributed by atoms with Gasteiger partial charge in [0, 0.05) is 17.4 Å². The molecule has 0 fully saturated rings. The van der Waals surface area contributed by atoms with E-state index >= 15 is 0 Å². The van der Waals surface area contributed by atoms with Gasteiger partial charge in [-0.1, -0.05) is 42.0 Å². The van der Waals surface area contributed by atoms with Gasteiger partial charge in [-0.25, -0.2) is 4.98 Å². The summed E-state index contributed by atoms with van der Waals surface area (Å²) in [6, 6.07) is 16.3. The van der Waals surface area contributed by atoms with Crippen LogP contribution in [0.3, 0.4) is 0 Å². The van der Waals surface area contributed by atoms with Crippen molar-refractivity contribution in [1.29, 1.82) is 0 Å². The van der Waals surface area contributed by atoms with Gasteiger partial charge in [0.1, 0.15) is 11.0 Å². The van der Waals surface area contributed by atoms with Gasteiger partial charge in [0.25, 0.3) is 5.56 Å². The lowest BCUT2D eigenvalue weighted by molar-refractivity contribution is 0.662. The van der Waals surface area contributed by atoms with E-state index in [1.807, 2.05) is 37.3 Å². The molecule has 114 valence electrons. The van der Waals surface area contributed by atoms with Crippen molar-refractivity contribution in [1.82, 2.24) is 14.5 Å². The van der Waals surface area contributed by atoms with Crippen molar-refractivity contribution in [3.63, 3.8) is 0 Å². The average molecular weight is 303 g/mol. The van der Waals surface area contributed by atoms with Crippen LogP contribution in [0.15, 0.2) is 59.7 Å². The highest BCUT2D eigenvalue weighted by atomic mass is 16.1. The lowest BCUT2D eigenvalue weighted by atomic mass is 10.1. The zero-order chi connectivity index (χ0) is 15.8. The van der Waals surface area contributed by atoms with E-state index in [0.717, 1.165) is 28.4 Å². The fourth-order valence-electron chi connectivity index (χ4n) is 2.96. The second-order valence-electron chi connectivity index (χ2n) is 5.88.